The molecule has 1 N–H and O–H groups in total. The minimum Gasteiger partial charge on any atom is -0.490 e. The Morgan fingerprint density at radius 3 is 2.76 bits per heavy atom. The van der Waals surface area contributed by atoms with E-state index in [2.05, 4.69) is 0 Å². The summed E-state index contributed by atoms with van der Waals surface area (Å²) in [7, 11) is 1.32. The monoisotopic (exact) mass is 259 g/mol. The van der Waals surface area contributed by atoms with Crippen LogP contribution < -0.4 is 4.74 Å². The van der Waals surface area contributed by atoms with Gasteiger partial charge in [0.1, 0.15) is 0 Å². The fourth-order valence-electron chi connectivity index (χ4n) is 1.32. The Morgan fingerprint density at radius 2 is 2.29 bits per heavy atom. The Bertz CT molecular complexity index is 448. The molecule has 17 heavy (non-hydrogen) atoms. The topological polar surface area (TPSA) is 89.7 Å². The highest BCUT2D eigenvalue weighted by atomic mass is 35.5. The van der Waals surface area contributed by atoms with Gasteiger partial charge in [0.15, 0.2) is 5.75 Å². The minimum atomic E-state index is -1.07. The lowest BCUT2D eigenvalue weighted by atomic mass is 10.1. The molecule has 0 aliphatic carbocycles. The molecule has 0 aliphatic rings. The van der Waals surface area contributed by atoms with Gasteiger partial charge in [-0.1, -0.05) is 6.07 Å². The molecule has 1 rings (SSSR count). The second-order valence-electron chi connectivity index (χ2n) is 3.25. The van der Waals surface area contributed by atoms with E-state index in [4.69, 9.17) is 21.4 Å². The summed E-state index contributed by atoms with van der Waals surface area (Å²) in [6.07, 6.45) is -0.301. The molecule has 7 heteroatoms. The molecule has 0 heterocycles. The lowest BCUT2D eigenvalue weighted by Crippen LogP contribution is -2.02. The Kier molecular flexibility index (Phi) is 4.28. The van der Waals surface area contributed by atoms with Crippen molar-refractivity contribution in [2.24, 2.45) is 0 Å². The molecule has 0 bridgehead atoms. The zero-order chi connectivity index (χ0) is 13.0. The number of alkyl halides is 1. The number of ether oxygens (including phenoxy) is 1. The molecule has 1 unspecified atom stereocenters. The van der Waals surface area contributed by atoms with Crippen LogP contribution in [-0.4, -0.2) is 23.1 Å². The van der Waals surface area contributed by atoms with Crippen molar-refractivity contribution in [3.8, 4) is 5.75 Å². The number of carboxylic acids is 1. The van der Waals surface area contributed by atoms with E-state index in [0.717, 1.165) is 0 Å². The maximum atomic E-state index is 10.7. The van der Waals surface area contributed by atoms with E-state index in [1.807, 2.05) is 0 Å². The third-order valence-corrected chi connectivity index (χ3v) is 2.52. The average Bonchev–Trinajstić information content (AvgIpc) is 2.27. The van der Waals surface area contributed by atoms with Crippen LogP contribution in [0.5, 0.6) is 5.75 Å². The minimum absolute atomic E-state index is 0.109. The zero-order valence-corrected chi connectivity index (χ0v) is 9.68. The van der Waals surface area contributed by atoms with E-state index in [1.165, 1.54) is 25.3 Å². The Hall–Kier alpha value is -1.82. The van der Waals surface area contributed by atoms with Gasteiger partial charge in [-0.05, 0) is 11.6 Å². The molecule has 1 aromatic rings. The van der Waals surface area contributed by atoms with E-state index in [1.54, 1.807) is 0 Å². The third-order valence-electron chi connectivity index (χ3n) is 2.12. The number of hydrogen-bond acceptors (Lipinski definition) is 4. The molecule has 6 nitrogen and oxygen atoms in total. The molecule has 0 spiro atoms. The van der Waals surface area contributed by atoms with E-state index < -0.39 is 16.3 Å². The van der Waals surface area contributed by atoms with Gasteiger partial charge >= 0.3 is 11.7 Å². The Balaban J connectivity index is 3.07. The smallest absolute Gasteiger partial charge is 0.311 e. The second-order valence-corrected chi connectivity index (χ2v) is 3.78. The maximum absolute atomic E-state index is 10.7. The predicted molar refractivity (Wildman–Crippen MR) is 60.5 cm³/mol. The van der Waals surface area contributed by atoms with Crippen LogP contribution in [0, 0.1) is 10.1 Å². The second kappa shape index (κ2) is 5.49. The first-order valence-corrected chi connectivity index (χ1v) is 5.07. The first-order chi connectivity index (χ1) is 7.95. The molecule has 1 aromatic carbocycles. The van der Waals surface area contributed by atoms with Crippen LogP contribution in [0.4, 0.5) is 5.69 Å². The van der Waals surface area contributed by atoms with E-state index >= 15 is 0 Å². The van der Waals surface area contributed by atoms with Crippen molar-refractivity contribution in [1.82, 2.24) is 0 Å². The van der Waals surface area contributed by atoms with Crippen molar-refractivity contribution in [2.75, 3.05) is 7.11 Å². The summed E-state index contributed by atoms with van der Waals surface area (Å²) >= 11 is 5.83. The van der Waals surface area contributed by atoms with Crippen LogP contribution >= 0.6 is 11.6 Å². The molecular formula is C10H10ClNO5. The maximum Gasteiger partial charge on any atom is 0.311 e. The van der Waals surface area contributed by atoms with Crippen LogP contribution in [-0.2, 0) is 4.79 Å². The summed E-state index contributed by atoms with van der Waals surface area (Å²) in [5.41, 5.74) is 0.141. The molecule has 0 aliphatic heterocycles. The van der Waals surface area contributed by atoms with Crippen LogP contribution in [0.1, 0.15) is 17.4 Å². The number of halogens is 1. The van der Waals surface area contributed by atoms with Crippen molar-refractivity contribution < 1.29 is 19.6 Å². The molecule has 0 saturated carbocycles. The fraction of sp³-hybridized carbons (Fsp3) is 0.300. The van der Waals surface area contributed by atoms with Gasteiger partial charge in [0.25, 0.3) is 0 Å². The molecule has 0 radical (unpaired) electrons. The molecule has 1 atom stereocenters. The number of hydrogen-bond donors (Lipinski definition) is 1. The number of rotatable bonds is 5. The van der Waals surface area contributed by atoms with Crippen molar-refractivity contribution in [2.45, 2.75) is 11.8 Å². The van der Waals surface area contributed by atoms with Crippen LogP contribution in [0.2, 0.25) is 0 Å². The number of carboxylic acid groups (broad SMARTS) is 1. The predicted octanol–water partition coefficient (Wildman–Crippen LogP) is 2.36. The highest BCUT2D eigenvalue weighted by Crippen LogP contribution is 2.33. The molecule has 0 amide bonds. The van der Waals surface area contributed by atoms with Gasteiger partial charge in [0.2, 0.25) is 0 Å². The summed E-state index contributed by atoms with van der Waals surface area (Å²) in [5.74, 6) is -0.957. The normalized spacial score (nSPS) is 11.9. The average molecular weight is 260 g/mol. The van der Waals surface area contributed by atoms with Gasteiger partial charge in [0.05, 0.1) is 23.8 Å². The largest absolute Gasteiger partial charge is 0.490 e. The molecular weight excluding hydrogens is 250 g/mol. The van der Waals surface area contributed by atoms with Gasteiger partial charge in [-0.15, -0.1) is 11.6 Å². The summed E-state index contributed by atoms with van der Waals surface area (Å²) in [6.45, 7) is 0. The van der Waals surface area contributed by atoms with Gasteiger partial charge in [-0.3, -0.25) is 14.9 Å². The zero-order valence-electron chi connectivity index (χ0n) is 8.92. The van der Waals surface area contributed by atoms with E-state index in [0.29, 0.717) is 5.56 Å². The van der Waals surface area contributed by atoms with Gasteiger partial charge in [-0.2, -0.15) is 0 Å². The lowest BCUT2D eigenvalue weighted by molar-refractivity contribution is -0.385. The number of nitro benzene ring substituents is 1. The molecule has 92 valence electrons. The quantitative estimate of drug-likeness (QED) is 0.498. The Labute approximate surface area is 102 Å². The molecule has 0 aromatic heterocycles. The first kappa shape index (κ1) is 13.2. The van der Waals surface area contributed by atoms with Gasteiger partial charge < -0.3 is 9.84 Å². The number of aliphatic carboxylic acids is 1. The number of methoxy groups -OCH3 is 1. The van der Waals surface area contributed by atoms with E-state index in [-0.39, 0.29) is 17.9 Å². The summed E-state index contributed by atoms with van der Waals surface area (Å²) < 4.78 is 4.82. The molecule has 0 saturated heterocycles. The van der Waals surface area contributed by atoms with Gasteiger partial charge in [-0.25, -0.2) is 0 Å². The summed E-state index contributed by atoms with van der Waals surface area (Å²) in [5, 5.41) is 18.5. The van der Waals surface area contributed by atoms with Crippen LogP contribution in [0.15, 0.2) is 18.2 Å². The van der Waals surface area contributed by atoms with Crippen LogP contribution in [0.3, 0.4) is 0 Å². The summed E-state index contributed by atoms with van der Waals surface area (Å²) in [4.78, 5) is 20.6. The third kappa shape index (κ3) is 3.32. The fourth-order valence-corrected chi connectivity index (χ4v) is 1.58. The van der Waals surface area contributed by atoms with Crippen molar-refractivity contribution >= 4 is 23.3 Å². The summed E-state index contributed by atoms with van der Waals surface area (Å²) in [6, 6.07) is 4.12. The number of nitro groups is 1. The van der Waals surface area contributed by atoms with Crippen molar-refractivity contribution in [3.05, 3.63) is 33.9 Å². The van der Waals surface area contributed by atoms with Crippen LogP contribution in [0.25, 0.3) is 0 Å². The number of carbonyl (C=O) groups is 1. The highest BCUT2D eigenvalue weighted by Gasteiger charge is 2.19. The number of nitrogens with zero attached hydrogens (tertiary/aromatic N) is 1. The molecule has 0 fully saturated rings. The SMILES string of the molecule is COc1ccc(C(Cl)CC(=O)O)cc1[N+](=O)[O-]. The van der Waals surface area contributed by atoms with Crippen molar-refractivity contribution in [3.63, 3.8) is 0 Å². The van der Waals surface area contributed by atoms with Crippen molar-refractivity contribution in [1.29, 1.82) is 0 Å². The first-order valence-electron chi connectivity index (χ1n) is 4.64. The number of benzene rings is 1. The van der Waals surface area contributed by atoms with E-state index in [9.17, 15) is 14.9 Å². The van der Waals surface area contributed by atoms with Gasteiger partial charge in [0, 0.05) is 6.07 Å². The standard InChI is InChI=1S/C10H10ClNO5/c1-17-9-3-2-6(4-8(9)12(15)16)7(11)5-10(13)14/h2-4,7H,5H2,1H3,(H,13,14). The lowest BCUT2D eigenvalue weighted by Gasteiger charge is -2.08. The highest BCUT2D eigenvalue weighted by molar-refractivity contribution is 6.21. The Morgan fingerprint density at radius 1 is 1.65 bits per heavy atom.